The number of benzene rings is 1. The normalized spacial score (nSPS) is 10.9. The van der Waals surface area contributed by atoms with Crippen LogP contribution < -0.4 is 21.9 Å². The van der Waals surface area contributed by atoms with E-state index < -0.39 is 0 Å². The lowest BCUT2D eigenvalue weighted by Gasteiger charge is -2.10. The summed E-state index contributed by atoms with van der Waals surface area (Å²) >= 11 is 0. The topological polar surface area (TPSA) is 91.5 Å². The Morgan fingerprint density at radius 1 is 1.35 bits per heavy atom. The fourth-order valence-corrected chi connectivity index (χ4v) is 1.29. The zero-order valence-corrected chi connectivity index (χ0v) is 9.95. The number of hydrogen-bond donors (Lipinski definition) is 4. The first-order valence-corrected chi connectivity index (χ1v) is 5.31. The first kappa shape index (κ1) is 13.0. The third kappa shape index (κ3) is 4.52. The standard InChI is InChI=1S/C11H17N5O/c1-3-13-11(16-12)15-10-6-4-5-9(7-10)14-8(2)17/h4-7H,3,12H2,1-2H3,(H,14,17)(H2,13,15,16). The molecule has 0 aliphatic rings. The van der Waals surface area contributed by atoms with Crippen molar-refractivity contribution in [2.24, 2.45) is 10.8 Å². The summed E-state index contributed by atoms with van der Waals surface area (Å²) in [7, 11) is 0. The lowest BCUT2D eigenvalue weighted by atomic mass is 10.3. The summed E-state index contributed by atoms with van der Waals surface area (Å²) in [5.74, 6) is 5.68. The van der Waals surface area contributed by atoms with Gasteiger partial charge in [0.15, 0.2) is 0 Å². The van der Waals surface area contributed by atoms with Gasteiger partial charge in [-0.15, -0.1) is 0 Å². The summed E-state index contributed by atoms with van der Waals surface area (Å²) in [4.78, 5) is 15.0. The zero-order valence-electron chi connectivity index (χ0n) is 9.95. The third-order valence-corrected chi connectivity index (χ3v) is 1.90. The molecule has 0 spiro atoms. The smallest absolute Gasteiger partial charge is 0.221 e. The molecule has 92 valence electrons. The van der Waals surface area contributed by atoms with Gasteiger partial charge < -0.3 is 10.6 Å². The molecule has 17 heavy (non-hydrogen) atoms. The van der Waals surface area contributed by atoms with Crippen LogP contribution in [0.5, 0.6) is 0 Å². The molecule has 6 nitrogen and oxygen atoms in total. The van der Waals surface area contributed by atoms with E-state index in [1.807, 2.05) is 19.1 Å². The number of guanidine groups is 1. The highest BCUT2D eigenvalue weighted by Crippen LogP contribution is 2.14. The van der Waals surface area contributed by atoms with Crippen molar-refractivity contribution in [1.29, 1.82) is 0 Å². The van der Waals surface area contributed by atoms with E-state index in [0.29, 0.717) is 12.5 Å². The van der Waals surface area contributed by atoms with E-state index in [-0.39, 0.29) is 5.91 Å². The molecule has 0 unspecified atom stereocenters. The first-order chi connectivity index (χ1) is 8.15. The van der Waals surface area contributed by atoms with Crippen LogP contribution in [0.3, 0.4) is 0 Å². The highest BCUT2D eigenvalue weighted by Gasteiger charge is 2.00. The van der Waals surface area contributed by atoms with Crippen molar-refractivity contribution in [3.8, 4) is 0 Å². The predicted octanol–water partition coefficient (Wildman–Crippen LogP) is 0.896. The number of carbonyl (C=O) groups excluding carboxylic acids is 1. The molecule has 6 heteroatoms. The number of amides is 1. The second-order valence-corrected chi connectivity index (χ2v) is 3.35. The number of aliphatic imine (C=N–C) groups is 1. The lowest BCUT2D eigenvalue weighted by molar-refractivity contribution is -0.114. The maximum atomic E-state index is 10.9. The zero-order chi connectivity index (χ0) is 12.7. The minimum atomic E-state index is -0.110. The van der Waals surface area contributed by atoms with Crippen molar-refractivity contribution in [1.82, 2.24) is 5.43 Å². The maximum absolute atomic E-state index is 10.9. The number of nitrogens with two attached hydrogens (primary N) is 1. The lowest BCUT2D eigenvalue weighted by Crippen LogP contribution is -2.36. The van der Waals surface area contributed by atoms with Gasteiger partial charge in [-0.3, -0.25) is 15.2 Å². The Morgan fingerprint density at radius 3 is 2.53 bits per heavy atom. The first-order valence-electron chi connectivity index (χ1n) is 5.31. The van der Waals surface area contributed by atoms with Gasteiger partial charge in [-0.1, -0.05) is 6.07 Å². The van der Waals surface area contributed by atoms with Crippen LogP contribution in [0.2, 0.25) is 0 Å². The van der Waals surface area contributed by atoms with Crippen LogP contribution in [-0.4, -0.2) is 18.4 Å². The van der Waals surface area contributed by atoms with Crippen molar-refractivity contribution in [3.63, 3.8) is 0 Å². The van der Waals surface area contributed by atoms with E-state index in [9.17, 15) is 4.79 Å². The van der Waals surface area contributed by atoms with Crippen LogP contribution in [0.1, 0.15) is 13.8 Å². The van der Waals surface area contributed by atoms with E-state index >= 15 is 0 Å². The summed E-state index contributed by atoms with van der Waals surface area (Å²) in [6.07, 6.45) is 0. The Morgan fingerprint density at radius 2 is 2.00 bits per heavy atom. The number of anilines is 2. The van der Waals surface area contributed by atoms with Gasteiger partial charge in [0.1, 0.15) is 0 Å². The van der Waals surface area contributed by atoms with E-state index in [4.69, 9.17) is 5.84 Å². The largest absolute Gasteiger partial charge is 0.326 e. The van der Waals surface area contributed by atoms with Crippen molar-refractivity contribution < 1.29 is 4.79 Å². The van der Waals surface area contributed by atoms with Gasteiger partial charge in [-0.25, -0.2) is 5.84 Å². The summed E-state index contributed by atoms with van der Waals surface area (Å²) in [6, 6.07) is 7.28. The SMILES string of the molecule is CCN=C(NN)Nc1cccc(NC(C)=O)c1. The minimum absolute atomic E-state index is 0.110. The fraction of sp³-hybridized carbons (Fsp3) is 0.273. The maximum Gasteiger partial charge on any atom is 0.221 e. The molecule has 1 aromatic carbocycles. The van der Waals surface area contributed by atoms with Gasteiger partial charge >= 0.3 is 0 Å². The van der Waals surface area contributed by atoms with E-state index in [1.54, 1.807) is 12.1 Å². The molecule has 1 aromatic rings. The fourth-order valence-electron chi connectivity index (χ4n) is 1.29. The molecule has 1 amide bonds. The Labute approximate surface area is 100 Å². The average molecular weight is 235 g/mol. The Hall–Kier alpha value is -2.08. The number of carbonyl (C=O) groups is 1. The van der Waals surface area contributed by atoms with Gasteiger partial charge in [-0.2, -0.15) is 0 Å². The third-order valence-electron chi connectivity index (χ3n) is 1.90. The molecule has 0 saturated carbocycles. The van der Waals surface area contributed by atoms with Crippen LogP contribution in [0.15, 0.2) is 29.3 Å². The van der Waals surface area contributed by atoms with Crippen LogP contribution in [-0.2, 0) is 4.79 Å². The quantitative estimate of drug-likeness (QED) is 0.271. The molecule has 0 aliphatic heterocycles. The minimum Gasteiger partial charge on any atom is -0.326 e. The van der Waals surface area contributed by atoms with Crippen molar-refractivity contribution in [2.75, 3.05) is 17.2 Å². The molecule has 0 aromatic heterocycles. The number of hydrogen-bond acceptors (Lipinski definition) is 3. The molecular weight excluding hydrogens is 218 g/mol. The highest BCUT2D eigenvalue weighted by atomic mass is 16.1. The summed E-state index contributed by atoms with van der Waals surface area (Å²) < 4.78 is 0. The molecule has 1 rings (SSSR count). The molecular formula is C11H17N5O. The molecule has 0 heterocycles. The van der Waals surface area contributed by atoms with Gasteiger partial charge in [0.05, 0.1) is 0 Å². The van der Waals surface area contributed by atoms with Crippen LogP contribution in [0, 0.1) is 0 Å². The highest BCUT2D eigenvalue weighted by molar-refractivity contribution is 5.94. The van der Waals surface area contributed by atoms with Gasteiger partial charge in [-0.05, 0) is 25.1 Å². The van der Waals surface area contributed by atoms with Gasteiger partial charge in [0.25, 0.3) is 0 Å². The second kappa shape index (κ2) is 6.49. The Balaban J connectivity index is 2.77. The van der Waals surface area contributed by atoms with Gasteiger partial charge in [0.2, 0.25) is 11.9 Å². The molecule has 0 atom stereocenters. The summed E-state index contributed by atoms with van der Waals surface area (Å²) in [5.41, 5.74) is 3.97. The number of nitrogens with one attached hydrogen (secondary N) is 3. The van der Waals surface area contributed by atoms with Crippen LogP contribution >= 0.6 is 0 Å². The van der Waals surface area contributed by atoms with E-state index in [2.05, 4.69) is 21.1 Å². The number of rotatable bonds is 3. The van der Waals surface area contributed by atoms with E-state index in [1.165, 1.54) is 6.92 Å². The Bertz CT molecular complexity index is 416. The van der Waals surface area contributed by atoms with Crippen molar-refractivity contribution in [2.45, 2.75) is 13.8 Å². The molecule has 0 aliphatic carbocycles. The van der Waals surface area contributed by atoms with Crippen molar-refractivity contribution >= 4 is 23.2 Å². The number of hydrazine groups is 1. The molecule has 5 N–H and O–H groups in total. The monoisotopic (exact) mass is 235 g/mol. The van der Waals surface area contributed by atoms with Crippen molar-refractivity contribution in [3.05, 3.63) is 24.3 Å². The second-order valence-electron chi connectivity index (χ2n) is 3.35. The molecule has 0 fully saturated rings. The molecule has 0 saturated heterocycles. The predicted molar refractivity (Wildman–Crippen MR) is 69.7 cm³/mol. The Kier molecular flexibility index (Phi) is 4.96. The summed E-state index contributed by atoms with van der Waals surface area (Å²) in [6.45, 7) is 4.00. The molecule has 0 radical (unpaired) electrons. The van der Waals surface area contributed by atoms with E-state index in [0.717, 1.165) is 11.4 Å². The van der Waals surface area contributed by atoms with Crippen LogP contribution in [0.25, 0.3) is 0 Å². The molecule has 0 bridgehead atoms. The summed E-state index contributed by atoms with van der Waals surface area (Å²) in [5, 5.41) is 5.70. The average Bonchev–Trinajstić information content (AvgIpc) is 2.28. The van der Waals surface area contributed by atoms with Crippen LogP contribution in [0.4, 0.5) is 11.4 Å². The number of nitrogens with zero attached hydrogens (tertiary/aromatic N) is 1. The van der Waals surface area contributed by atoms with Gasteiger partial charge in [0, 0.05) is 24.8 Å².